The van der Waals surface area contributed by atoms with Crippen LogP contribution in [0.25, 0.3) is 0 Å². The van der Waals surface area contributed by atoms with Gasteiger partial charge >= 0.3 is 0 Å². The van der Waals surface area contributed by atoms with Gasteiger partial charge in [-0.3, -0.25) is 4.68 Å². The van der Waals surface area contributed by atoms with Crippen LogP contribution in [0.2, 0.25) is 0 Å². The Hall–Kier alpha value is -2.30. The molecule has 1 aromatic heterocycles. The van der Waals surface area contributed by atoms with Crippen LogP contribution in [0.15, 0.2) is 41.7 Å². The monoisotopic (exact) mass is 256 g/mol. The van der Waals surface area contributed by atoms with Gasteiger partial charge in [-0.2, -0.15) is 5.10 Å². The Kier molecular flexibility index (Phi) is 2.95. The van der Waals surface area contributed by atoms with Gasteiger partial charge in [-0.05, 0) is 12.1 Å². The lowest BCUT2D eigenvalue weighted by molar-refractivity contribution is 0.317. The Labute approximate surface area is 111 Å². The number of benzene rings is 1. The molecule has 1 N–H and O–H groups in total. The van der Waals surface area contributed by atoms with Crippen molar-refractivity contribution in [2.75, 3.05) is 11.4 Å². The van der Waals surface area contributed by atoms with Crippen LogP contribution in [0, 0.1) is 0 Å². The predicted molar refractivity (Wildman–Crippen MR) is 73.6 cm³/mol. The first-order chi connectivity index (χ1) is 9.28. The molecule has 0 spiro atoms. The Morgan fingerprint density at radius 3 is 2.89 bits per heavy atom. The van der Waals surface area contributed by atoms with Crippen molar-refractivity contribution in [1.29, 1.82) is 0 Å². The molecule has 1 aromatic carbocycles. The zero-order valence-electron chi connectivity index (χ0n) is 10.8. The standard InChI is InChI=1S/C14H16N4O/c1-17-8-6-11(15-17)10-18-9-7-13(16-19)12-4-2-3-5-14(12)18/h2-6,8,19H,7,9-10H2,1H3/b16-13-. The van der Waals surface area contributed by atoms with E-state index in [1.54, 1.807) is 0 Å². The number of para-hydroxylation sites is 1. The molecule has 0 amide bonds. The first kappa shape index (κ1) is 11.8. The van der Waals surface area contributed by atoms with E-state index in [1.165, 1.54) is 0 Å². The summed E-state index contributed by atoms with van der Waals surface area (Å²) in [6, 6.07) is 10.1. The van der Waals surface area contributed by atoms with Crippen molar-refractivity contribution in [3.63, 3.8) is 0 Å². The summed E-state index contributed by atoms with van der Waals surface area (Å²) < 4.78 is 1.81. The molecule has 0 aliphatic carbocycles. The fraction of sp³-hybridized carbons (Fsp3) is 0.286. The molecule has 0 bridgehead atoms. The van der Waals surface area contributed by atoms with Gasteiger partial charge in [-0.15, -0.1) is 0 Å². The fourth-order valence-corrected chi connectivity index (χ4v) is 2.50. The SMILES string of the molecule is Cn1ccc(CN2CC/C(=N/O)c3ccccc32)n1. The molecule has 0 radical (unpaired) electrons. The third-order valence-corrected chi connectivity index (χ3v) is 3.42. The van der Waals surface area contributed by atoms with E-state index in [9.17, 15) is 0 Å². The third kappa shape index (κ3) is 2.19. The zero-order chi connectivity index (χ0) is 13.2. The van der Waals surface area contributed by atoms with Crippen molar-refractivity contribution < 1.29 is 5.21 Å². The van der Waals surface area contributed by atoms with Crippen LogP contribution >= 0.6 is 0 Å². The molecule has 3 rings (SSSR count). The zero-order valence-corrected chi connectivity index (χ0v) is 10.8. The summed E-state index contributed by atoms with van der Waals surface area (Å²) in [5.74, 6) is 0. The maximum Gasteiger partial charge on any atom is 0.0906 e. The van der Waals surface area contributed by atoms with Crippen molar-refractivity contribution in [2.24, 2.45) is 12.2 Å². The number of hydrogen-bond acceptors (Lipinski definition) is 4. The Morgan fingerprint density at radius 1 is 1.32 bits per heavy atom. The number of oxime groups is 1. The van der Waals surface area contributed by atoms with Crippen molar-refractivity contribution in [3.8, 4) is 0 Å². The number of anilines is 1. The van der Waals surface area contributed by atoms with Gasteiger partial charge in [-0.1, -0.05) is 23.4 Å². The highest BCUT2D eigenvalue weighted by Crippen LogP contribution is 2.28. The first-order valence-electron chi connectivity index (χ1n) is 6.32. The lowest BCUT2D eigenvalue weighted by Gasteiger charge is -2.30. The number of aryl methyl sites for hydroxylation is 1. The van der Waals surface area contributed by atoms with E-state index < -0.39 is 0 Å². The number of rotatable bonds is 2. The maximum atomic E-state index is 9.07. The normalized spacial score (nSPS) is 16.7. The van der Waals surface area contributed by atoms with Crippen LogP contribution in [0.5, 0.6) is 0 Å². The van der Waals surface area contributed by atoms with Crippen molar-refractivity contribution >= 4 is 11.4 Å². The molecule has 0 saturated heterocycles. The molecular formula is C14H16N4O. The molecule has 2 aromatic rings. The molecule has 5 heteroatoms. The highest BCUT2D eigenvalue weighted by atomic mass is 16.4. The van der Waals surface area contributed by atoms with E-state index >= 15 is 0 Å². The van der Waals surface area contributed by atoms with Gasteiger partial charge in [0.05, 0.1) is 18.0 Å². The number of hydrogen-bond donors (Lipinski definition) is 1. The topological polar surface area (TPSA) is 53.7 Å². The summed E-state index contributed by atoms with van der Waals surface area (Å²) in [5.41, 5.74) is 3.91. The van der Waals surface area contributed by atoms with E-state index in [-0.39, 0.29) is 0 Å². The molecule has 0 unspecified atom stereocenters. The van der Waals surface area contributed by atoms with Gasteiger partial charge in [-0.25, -0.2) is 0 Å². The Morgan fingerprint density at radius 2 is 2.16 bits per heavy atom. The molecule has 2 heterocycles. The highest BCUT2D eigenvalue weighted by molar-refractivity contribution is 6.06. The second kappa shape index (κ2) is 4.76. The molecule has 98 valence electrons. The van der Waals surface area contributed by atoms with Crippen LogP contribution < -0.4 is 4.90 Å². The van der Waals surface area contributed by atoms with Crippen molar-refractivity contribution in [2.45, 2.75) is 13.0 Å². The van der Waals surface area contributed by atoms with Crippen LogP contribution in [0.1, 0.15) is 17.7 Å². The van der Waals surface area contributed by atoms with Crippen molar-refractivity contribution in [1.82, 2.24) is 9.78 Å². The summed E-state index contributed by atoms with van der Waals surface area (Å²) in [7, 11) is 1.92. The van der Waals surface area contributed by atoms with Gasteiger partial charge in [0.1, 0.15) is 0 Å². The number of nitrogens with zero attached hydrogens (tertiary/aromatic N) is 4. The second-order valence-corrected chi connectivity index (χ2v) is 4.72. The minimum atomic E-state index is 0.750. The van der Waals surface area contributed by atoms with E-state index in [0.29, 0.717) is 0 Å². The minimum absolute atomic E-state index is 0.750. The van der Waals surface area contributed by atoms with Crippen molar-refractivity contribution in [3.05, 3.63) is 47.8 Å². The molecule has 0 fully saturated rings. The minimum Gasteiger partial charge on any atom is -0.411 e. The summed E-state index contributed by atoms with van der Waals surface area (Å²) in [6.07, 6.45) is 2.70. The second-order valence-electron chi connectivity index (χ2n) is 4.72. The lowest BCUT2D eigenvalue weighted by atomic mass is 9.99. The quantitative estimate of drug-likeness (QED) is 0.660. The molecule has 0 atom stereocenters. The largest absolute Gasteiger partial charge is 0.411 e. The fourth-order valence-electron chi connectivity index (χ4n) is 2.50. The van der Waals surface area contributed by atoms with E-state index in [1.807, 2.05) is 42.2 Å². The first-order valence-corrected chi connectivity index (χ1v) is 6.32. The molecule has 5 nitrogen and oxygen atoms in total. The summed E-state index contributed by atoms with van der Waals surface area (Å²) in [6.45, 7) is 1.61. The van der Waals surface area contributed by atoms with Gasteiger partial charge in [0.2, 0.25) is 0 Å². The van der Waals surface area contributed by atoms with E-state index in [2.05, 4.69) is 21.2 Å². The highest BCUT2D eigenvalue weighted by Gasteiger charge is 2.22. The van der Waals surface area contributed by atoms with E-state index in [4.69, 9.17) is 5.21 Å². The lowest BCUT2D eigenvalue weighted by Crippen LogP contribution is -2.32. The predicted octanol–water partition coefficient (Wildman–Crippen LogP) is 2.01. The van der Waals surface area contributed by atoms with Gasteiger partial charge in [0.25, 0.3) is 0 Å². The van der Waals surface area contributed by atoms with Gasteiger partial charge in [0.15, 0.2) is 0 Å². The van der Waals surface area contributed by atoms with Crippen LogP contribution in [-0.4, -0.2) is 27.2 Å². The van der Waals surface area contributed by atoms with E-state index in [0.717, 1.165) is 42.2 Å². The molecule has 0 saturated carbocycles. The summed E-state index contributed by atoms with van der Waals surface area (Å²) >= 11 is 0. The molecule has 1 aliphatic rings. The molecule has 1 aliphatic heterocycles. The van der Waals surface area contributed by atoms with Gasteiger partial charge < -0.3 is 10.1 Å². The van der Waals surface area contributed by atoms with Crippen LogP contribution in [0.4, 0.5) is 5.69 Å². The average Bonchev–Trinajstić information content (AvgIpc) is 2.85. The summed E-state index contributed by atoms with van der Waals surface area (Å²) in [5, 5.41) is 16.9. The molecule has 19 heavy (non-hydrogen) atoms. The summed E-state index contributed by atoms with van der Waals surface area (Å²) in [4.78, 5) is 2.27. The Balaban J connectivity index is 1.92. The van der Waals surface area contributed by atoms with Gasteiger partial charge in [0, 0.05) is 37.5 Å². The maximum absolute atomic E-state index is 9.07. The average molecular weight is 256 g/mol. The third-order valence-electron chi connectivity index (χ3n) is 3.42. The Bertz CT molecular complexity index is 617. The van der Waals surface area contributed by atoms with Crippen LogP contribution in [-0.2, 0) is 13.6 Å². The molecular weight excluding hydrogens is 240 g/mol. The number of aromatic nitrogens is 2. The van der Waals surface area contributed by atoms with Crippen LogP contribution in [0.3, 0.4) is 0 Å². The number of fused-ring (bicyclic) bond motifs is 1. The smallest absolute Gasteiger partial charge is 0.0906 e.